The van der Waals surface area contributed by atoms with Gasteiger partial charge in [0.1, 0.15) is 0 Å². The minimum Gasteiger partial charge on any atom is -0.441 e. The van der Waals surface area contributed by atoms with Crippen molar-refractivity contribution in [1.29, 1.82) is 0 Å². The lowest BCUT2D eigenvalue weighted by Gasteiger charge is -2.00. The molecule has 1 aromatic carbocycles. The van der Waals surface area contributed by atoms with Gasteiger partial charge in [0, 0.05) is 28.0 Å². The van der Waals surface area contributed by atoms with E-state index in [4.69, 9.17) is 16.0 Å². The molecule has 1 aromatic heterocycles. The standard InChI is InChI=1S/C13H14BrClN2O/c1-2-16-4-3-13-17-8-12(18-13)9-5-10(14)7-11(15)6-9/h5-8,16H,2-4H2,1H3. The highest BCUT2D eigenvalue weighted by molar-refractivity contribution is 9.10. The molecular formula is C13H14BrClN2O. The van der Waals surface area contributed by atoms with E-state index < -0.39 is 0 Å². The average Bonchev–Trinajstić information content (AvgIpc) is 2.77. The Morgan fingerprint density at radius 3 is 2.94 bits per heavy atom. The van der Waals surface area contributed by atoms with Crippen LogP contribution in [0.3, 0.4) is 0 Å². The Balaban J connectivity index is 2.13. The predicted molar refractivity (Wildman–Crippen MR) is 76.9 cm³/mol. The lowest BCUT2D eigenvalue weighted by molar-refractivity contribution is 0.497. The van der Waals surface area contributed by atoms with E-state index in [0.717, 1.165) is 41.2 Å². The van der Waals surface area contributed by atoms with Crippen LogP contribution in [0, 0.1) is 0 Å². The Morgan fingerprint density at radius 2 is 2.22 bits per heavy atom. The van der Waals surface area contributed by atoms with Crippen molar-refractivity contribution in [2.45, 2.75) is 13.3 Å². The van der Waals surface area contributed by atoms with Gasteiger partial charge in [0.15, 0.2) is 11.7 Å². The molecule has 5 heteroatoms. The van der Waals surface area contributed by atoms with Crippen LogP contribution in [0.5, 0.6) is 0 Å². The van der Waals surface area contributed by atoms with Gasteiger partial charge in [-0.1, -0.05) is 34.5 Å². The highest BCUT2D eigenvalue weighted by Crippen LogP contribution is 2.27. The topological polar surface area (TPSA) is 38.1 Å². The summed E-state index contributed by atoms with van der Waals surface area (Å²) in [4.78, 5) is 4.26. The molecule has 0 amide bonds. The molecule has 3 nitrogen and oxygen atoms in total. The molecule has 0 fully saturated rings. The summed E-state index contributed by atoms with van der Waals surface area (Å²) in [6, 6.07) is 5.66. The van der Waals surface area contributed by atoms with E-state index in [9.17, 15) is 0 Å². The van der Waals surface area contributed by atoms with Gasteiger partial charge in [-0.15, -0.1) is 0 Å². The third-order valence-electron chi connectivity index (χ3n) is 2.47. The van der Waals surface area contributed by atoms with Crippen molar-refractivity contribution < 1.29 is 4.42 Å². The minimum atomic E-state index is 0.671. The number of nitrogens with zero attached hydrogens (tertiary/aromatic N) is 1. The Kier molecular flexibility index (Phi) is 4.80. The lowest BCUT2D eigenvalue weighted by Crippen LogP contribution is -2.16. The zero-order chi connectivity index (χ0) is 13.0. The van der Waals surface area contributed by atoms with E-state index >= 15 is 0 Å². The Bertz CT molecular complexity index is 507. The summed E-state index contributed by atoms with van der Waals surface area (Å²) in [5.74, 6) is 1.48. The number of halogens is 2. The van der Waals surface area contributed by atoms with Gasteiger partial charge in [0.2, 0.25) is 0 Å². The lowest BCUT2D eigenvalue weighted by atomic mass is 10.2. The normalized spacial score (nSPS) is 10.8. The van der Waals surface area contributed by atoms with E-state index in [1.807, 2.05) is 18.2 Å². The number of benzene rings is 1. The van der Waals surface area contributed by atoms with Crippen molar-refractivity contribution in [3.8, 4) is 11.3 Å². The number of aromatic nitrogens is 1. The van der Waals surface area contributed by atoms with Crippen LogP contribution in [-0.4, -0.2) is 18.1 Å². The van der Waals surface area contributed by atoms with Crippen LogP contribution < -0.4 is 5.32 Å². The third-order valence-corrected chi connectivity index (χ3v) is 3.14. The summed E-state index contributed by atoms with van der Waals surface area (Å²) in [6.07, 6.45) is 2.52. The molecule has 1 heterocycles. The maximum absolute atomic E-state index is 6.01. The van der Waals surface area contributed by atoms with Crippen LogP contribution in [0.25, 0.3) is 11.3 Å². The number of nitrogens with one attached hydrogen (secondary N) is 1. The summed E-state index contributed by atoms with van der Waals surface area (Å²) in [5.41, 5.74) is 0.927. The fourth-order valence-electron chi connectivity index (χ4n) is 1.63. The first-order chi connectivity index (χ1) is 8.69. The second-order valence-electron chi connectivity index (χ2n) is 3.88. The van der Waals surface area contributed by atoms with Gasteiger partial charge in [-0.3, -0.25) is 0 Å². The molecule has 1 N–H and O–H groups in total. The van der Waals surface area contributed by atoms with E-state index in [0.29, 0.717) is 5.02 Å². The molecule has 0 radical (unpaired) electrons. The van der Waals surface area contributed by atoms with Crippen LogP contribution in [0.4, 0.5) is 0 Å². The predicted octanol–water partition coefficient (Wildman–Crippen LogP) is 3.91. The molecule has 2 rings (SSSR count). The van der Waals surface area contributed by atoms with Gasteiger partial charge >= 0.3 is 0 Å². The molecule has 0 saturated carbocycles. The highest BCUT2D eigenvalue weighted by Gasteiger charge is 2.07. The molecule has 0 aliphatic rings. The van der Waals surface area contributed by atoms with Crippen LogP contribution in [0.2, 0.25) is 5.02 Å². The van der Waals surface area contributed by atoms with Gasteiger partial charge < -0.3 is 9.73 Å². The van der Waals surface area contributed by atoms with Crippen LogP contribution >= 0.6 is 27.5 Å². The summed E-state index contributed by atoms with van der Waals surface area (Å²) < 4.78 is 6.62. The van der Waals surface area contributed by atoms with Gasteiger partial charge in [-0.2, -0.15) is 0 Å². The summed E-state index contributed by atoms with van der Waals surface area (Å²) in [6.45, 7) is 3.90. The molecule has 0 unspecified atom stereocenters. The number of oxazole rings is 1. The average molecular weight is 330 g/mol. The smallest absolute Gasteiger partial charge is 0.196 e. The van der Waals surface area contributed by atoms with Gasteiger partial charge in [0.05, 0.1) is 6.20 Å². The fourth-order valence-corrected chi connectivity index (χ4v) is 2.49. The summed E-state index contributed by atoms with van der Waals surface area (Å²) >= 11 is 9.42. The number of hydrogen-bond acceptors (Lipinski definition) is 3. The first-order valence-corrected chi connectivity index (χ1v) is 6.98. The number of hydrogen-bond donors (Lipinski definition) is 1. The number of likely N-dealkylation sites (N-methyl/N-ethyl adjacent to an activating group) is 1. The highest BCUT2D eigenvalue weighted by atomic mass is 79.9. The second-order valence-corrected chi connectivity index (χ2v) is 5.23. The quantitative estimate of drug-likeness (QED) is 0.845. The van der Waals surface area contributed by atoms with Crippen LogP contribution in [0.15, 0.2) is 33.3 Å². The fraction of sp³-hybridized carbons (Fsp3) is 0.308. The maximum atomic E-state index is 6.01. The van der Waals surface area contributed by atoms with Crippen molar-refractivity contribution >= 4 is 27.5 Å². The van der Waals surface area contributed by atoms with Gasteiger partial charge in [0.25, 0.3) is 0 Å². The summed E-state index contributed by atoms with van der Waals surface area (Å²) in [5, 5.41) is 3.91. The van der Waals surface area contributed by atoms with Crippen molar-refractivity contribution in [3.05, 3.63) is 39.8 Å². The monoisotopic (exact) mass is 328 g/mol. The molecule has 0 spiro atoms. The van der Waals surface area contributed by atoms with Crippen LogP contribution in [0.1, 0.15) is 12.8 Å². The Morgan fingerprint density at radius 1 is 1.39 bits per heavy atom. The first-order valence-electron chi connectivity index (χ1n) is 5.81. The zero-order valence-corrected chi connectivity index (χ0v) is 12.4. The summed E-state index contributed by atoms with van der Waals surface area (Å²) in [7, 11) is 0. The van der Waals surface area contributed by atoms with Gasteiger partial charge in [-0.05, 0) is 24.7 Å². The van der Waals surface area contributed by atoms with Crippen molar-refractivity contribution in [1.82, 2.24) is 10.3 Å². The van der Waals surface area contributed by atoms with Crippen LogP contribution in [-0.2, 0) is 6.42 Å². The Labute approximate surface area is 120 Å². The molecule has 0 aliphatic heterocycles. The van der Waals surface area contributed by atoms with E-state index in [2.05, 4.69) is 33.2 Å². The number of rotatable bonds is 5. The molecule has 2 aromatic rings. The van der Waals surface area contributed by atoms with Gasteiger partial charge in [-0.25, -0.2) is 4.98 Å². The van der Waals surface area contributed by atoms with E-state index in [1.54, 1.807) is 6.20 Å². The SMILES string of the molecule is CCNCCc1ncc(-c2cc(Cl)cc(Br)c2)o1. The van der Waals surface area contributed by atoms with E-state index in [1.165, 1.54) is 0 Å². The van der Waals surface area contributed by atoms with Crippen molar-refractivity contribution in [3.63, 3.8) is 0 Å². The molecule has 0 saturated heterocycles. The molecule has 0 atom stereocenters. The third kappa shape index (κ3) is 3.57. The largest absolute Gasteiger partial charge is 0.441 e. The second kappa shape index (κ2) is 6.36. The Hall–Kier alpha value is -0.840. The maximum Gasteiger partial charge on any atom is 0.196 e. The molecule has 0 bridgehead atoms. The first kappa shape index (κ1) is 13.6. The molecule has 0 aliphatic carbocycles. The molecule has 18 heavy (non-hydrogen) atoms. The zero-order valence-electron chi connectivity index (χ0n) is 10.0. The minimum absolute atomic E-state index is 0.671. The molecular weight excluding hydrogens is 316 g/mol. The molecule has 96 valence electrons. The van der Waals surface area contributed by atoms with Crippen molar-refractivity contribution in [2.75, 3.05) is 13.1 Å². The van der Waals surface area contributed by atoms with E-state index in [-0.39, 0.29) is 0 Å². The van der Waals surface area contributed by atoms with Crippen molar-refractivity contribution in [2.24, 2.45) is 0 Å².